The summed E-state index contributed by atoms with van der Waals surface area (Å²) in [7, 11) is 0. The summed E-state index contributed by atoms with van der Waals surface area (Å²) in [5, 5.41) is 16.1. The van der Waals surface area contributed by atoms with E-state index in [2.05, 4.69) is 31.8 Å². The van der Waals surface area contributed by atoms with E-state index in [1.165, 1.54) is 6.07 Å². The van der Waals surface area contributed by atoms with Gasteiger partial charge in [0.1, 0.15) is 17.8 Å². The first-order valence-electron chi connectivity index (χ1n) is 10.2. The lowest BCUT2D eigenvalue weighted by molar-refractivity contribution is 0.243. The van der Waals surface area contributed by atoms with Crippen LogP contribution in [0.4, 0.5) is 20.7 Å². The summed E-state index contributed by atoms with van der Waals surface area (Å²) in [4.78, 5) is 15.7. The molecule has 0 spiro atoms. The molecule has 0 bridgehead atoms. The van der Waals surface area contributed by atoms with Gasteiger partial charge in [-0.05, 0) is 49.2 Å². The van der Waals surface area contributed by atoms with E-state index in [-0.39, 0.29) is 11.2 Å². The van der Waals surface area contributed by atoms with E-state index in [0.29, 0.717) is 45.9 Å². The molecule has 5 rings (SSSR count). The van der Waals surface area contributed by atoms with Gasteiger partial charge in [-0.15, -0.1) is 10.2 Å². The molecule has 1 radical (unpaired) electrons. The van der Waals surface area contributed by atoms with Crippen molar-refractivity contribution in [3.63, 3.8) is 0 Å². The lowest BCUT2D eigenvalue weighted by Crippen LogP contribution is -2.42. The quantitative estimate of drug-likeness (QED) is 0.413. The third kappa shape index (κ3) is 3.20. The van der Waals surface area contributed by atoms with Gasteiger partial charge in [0.25, 0.3) is 0 Å². The highest BCUT2D eigenvalue weighted by Gasteiger charge is 2.41. The Morgan fingerprint density at radius 2 is 2.06 bits per heavy atom. The fourth-order valence-electron chi connectivity index (χ4n) is 4.15. The van der Waals surface area contributed by atoms with Gasteiger partial charge in [0.2, 0.25) is 0 Å². The summed E-state index contributed by atoms with van der Waals surface area (Å²) in [6.07, 6.45) is 7.11. The van der Waals surface area contributed by atoms with Gasteiger partial charge < -0.3 is 16.8 Å². The van der Waals surface area contributed by atoms with Crippen molar-refractivity contribution in [2.24, 2.45) is 5.73 Å². The molecule has 0 aliphatic heterocycles. The third-order valence-electron chi connectivity index (χ3n) is 6.04. The molecule has 1 aliphatic carbocycles. The van der Waals surface area contributed by atoms with Gasteiger partial charge in [0, 0.05) is 23.7 Å². The van der Waals surface area contributed by atoms with E-state index < -0.39 is 6.03 Å². The molecule has 1 aromatic carbocycles. The molecule has 3 heterocycles. The standard InChI is InChI=1S/C22H20FN8O/c23-15-3-1-10-26-20(15)22(8-2-9-22)12-27-18-7-5-16(29-30-18)13-4-6-17-14(19(13)24)11-28-31(17)21(25)32/h1,3-7,10H,2,8-9,12,24H2,(H2,25,32)(H,27,30). The zero-order chi connectivity index (χ0) is 22.3. The van der Waals surface area contributed by atoms with Crippen LogP contribution in [-0.4, -0.2) is 37.5 Å². The normalized spacial score (nSPS) is 14.8. The second-order valence-electron chi connectivity index (χ2n) is 7.91. The molecule has 3 aromatic heterocycles. The summed E-state index contributed by atoms with van der Waals surface area (Å²) >= 11 is 0. The molecule has 1 amide bonds. The van der Waals surface area contributed by atoms with Crippen LogP contribution in [0.1, 0.15) is 25.0 Å². The molecule has 4 aromatic rings. The molecule has 161 valence electrons. The van der Waals surface area contributed by atoms with Crippen molar-refractivity contribution >= 4 is 28.4 Å². The SMILES string of the molecule is NC(=O)n1n[c]c2c(N)c(-c3ccc(NCC4(c5ncccc5F)CCC4)nn3)ccc21. The van der Waals surface area contributed by atoms with Crippen molar-refractivity contribution in [3.05, 3.63) is 60.3 Å². The first-order valence-corrected chi connectivity index (χ1v) is 10.2. The monoisotopic (exact) mass is 431 g/mol. The van der Waals surface area contributed by atoms with Crippen molar-refractivity contribution in [3.8, 4) is 11.3 Å². The van der Waals surface area contributed by atoms with Crippen molar-refractivity contribution in [1.82, 2.24) is 25.0 Å². The Morgan fingerprint density at radius 1 is 1.22 bits per heavy atom. The van der Waals surface area contributed by atoms with Gasteiger partial charge in [-0.25, -0.2) is 9.18 Å². The molecule has 32 heavy (non-hydrogen) atoms. The maximum Gasteiger partial charge on any atom is 0.340 e. The number of aromatic nitrogens is 5. The highest BCUT2D eigenvalue weighted by atomic mass is 19.1. The Hall–Kier alpha value is -4.08. The summed E-state index contributed by atoms with van der Waals surface area (Å²) in [5.74, 6) is 0.293. The van der Waals surface area contributed by atoms with Gasteiger partial charge in [0.05, 0.1) is 28.0 Å². The minimum absolute atomic E-state index is 0.280. The maximum absolute atomic E-state index is 14.3. The number of nitrogen functional groups attached to an aromatic ring is 1. The fraction of sp³-hybridized carbons (Fsp3) is 0.227. The summed E-state index contributed by atoms with van der Waals surface area (Å²) in [6.45, 7) is 0.518. The number of primary amides is 1. The number of hydrogen-bond acceptors (Lipinski definition) is 7. The summed E-state index contributed by atoms with van der Waals surface area (Å²) in [5.41, 5.74) is 13.8. The van der Waals surface area contributed by atoms with E-state index in [1.54, 1.807) is 36.5 Å². The van der Waals surface area contributed by atoms with Crippen molar-refractivity contribution < 1.29 is 9.18 Å². The lowest BCUT2D eigenvalue weighted by Gasteiger charge is -2.41. The number of benzene rings is 1. The topological polar surface area (TPSA) is 138 Å². The van der Waals surface area contributed by atoms with Crippen molar-refractivity contribution in [2.45, 2.75) is 24.7 Å². The number of rotatable bonds is 5. The zero-order valence-corrected chi connectivity index (χ0v) is 17.0. The minimum atomic E-state index is -0.714. The first kappa shape index (κ1) is 19.9. The highest BCUT2D eigenvalue weighted by Crippen LogP contribution is 2.43. The molecule has 1 saturated carbocycles. The van der Waals surface area contributed by atoms with E-state index >= 15 is 0 Å². The van der Waals surface area contributed by atoms with Gasteiger partial charge in [-0.1, -0.05) is 6.42 Å². The second kappa shape index (κ2) is 7.56. The number of carbonyl (C=O) groups is 1. The second-order valence-corrected chi connectivity index (χ2v) is 7.91. The third-order valence-corrected chi connectivity index (χ3v) is 6.04. The molecule has 5 N–H and O–H groups in total. The molecule has 9 nitrogen and oxygen atoms in total. The average Bonchev–Trinajstić information content (AvgIpc) is 3.20. The maximum atomic E-state index is 14.3. The number of pyridine rings is 1. The lowest BCUT2D eigenvalue weighted by atomic mass is 9.66. The molecule has 10 heteroatoms. The molecule has 1 fully saturated rings. The van der Waals surface area contributed by atoms with Crippen LogP contribution in [0, 0.1) is 12.0 Å². The van der Waals surface area contributed by atoms with E-state index in [0.717, 1.165) is 23.9 Å². The summed E-state index contributed by atoms with van der Waals surface area (Å²) in [6, 6.07) is 9.34. The molecular formula is C22H20FN8O. The van der Waals surface area contributed by atoms with Crippen LogP contribution in [0.15, 0.2) is 42.6 Å². The van der Waals surface area contributed by atoms with Crippen LogP contribution in [0.5, 0.6) is 0 Å². The zero-order valence-electron chi connectivity index (χ0n) is 17.0. The highest BCUT2D eigenvalue weighted by molar-refractivity contribution is 6.00. The van der Waals surface area contributed by atoms with Gasteiger partial charge in [-0.3, -0.25) is 4.98 Å². The van der Waals surface area contributed by atoms with Crippen LogP contribution in [-0.2, 0) is 5.41 Å². The number of nitrogens with two attached hydrogens (primary N) is 2. The molecule has 1 aliphatic rings. The number of nitrogens with zero attached hydrogens (tertiary/aromatic N) is 5. The Kier molecular flexibility index (Phi) is 4.69. The Labute approximate surface area is 182 Å². The van der Waals surface area contributed by atoms with Crippen LogP contribution >= 0.6 is 0 Å². The molecule has 0 unspecified atom stereocenters. The van der Waals surface area contributed by atoms with Gasteiger partial charge in [0.15, 0.2) is 0 Å². The van der Waals surface area contributed by atoms with Crippen molar-refractivity contribution in [2.75, 3.05) is 17.6 Å². The number of anilines is 2. The van der Waals surface area contributed by atoms with E-state index in [1.807, 2.05) is 0 Å². The fourth-order valence-corrected chi connectivity index (χ4v) is 4.15. The van der Waals surface area contributed by atoms with E-state index in [9.17, 15) is 9.18 Å². The number of halogens is 1. The Morgan fingerprint density at radius 3 is 2.72 bits per heavy atom. The Balaban J connectivity index is 1.36. The number of amides is 1. The molecule has 0 saturated heterocycles. The van der Waals surface area contributed by atoms with Crippen LogP contribution < -0.4 is 16.8 Å². The number of hydrogen-bond donors (Lipinski definition) is 3. The Bertz CT molecular complexity index is 1310. The predicted molar refractivity (Wildman–Crippen MR) is 117 cm³/mol. The van der Waals surface area contributed by atoms with Crippen LogP contribution in [0.2, 0.25) is 0 Å². The number of nitrogens with one attached hydrogen (secondary N) is 1. The van der Waals surface area contributed by atoms with Crippen LogP contribution in [0.25, 0.3) is 22.2 Å². The predicted octanol–water partition coefficient (Wildman–Crippen LogP) is 2.87. The molecule has 0 atom stereocenters. The summed E-state index contributed by atoms with van der Waals surface area (Å²) < 4.78 is 15.3. The van der Waals surface area contributed by atoms with Gasteiger partial charge in [-0.2, -0.15) is 9.78 Å². The molecular weight excluding hydrogens is 411 g/mol. The largest absolute Gasteiger partial charge is 0.398 e. The number of fused-ring (bicyclic) bond motifs is 1. The van der Waals surface area contributed by atoms with Crippen LogP contribution in [0.3, 0.4) is 0 Å². The average molecular weight is 431 g/mol. The smallest absolute Gasteiger partial charge is 0.340 e. The number of carbonyl (C=O) groups excluding carboxylic acids is 1. The van der Waals surface area contributed by atoms with E-state index in [4.69, 9.17) is 11.5 Å². The first-order chi connectivity index (χ1) is 15.5. The minimum Gasteiger partial charge on any atom is -0.398 e. The van der Waals surface area contributed by atoms with Crippen molar-refractivity contribution in [1.29, 1.82) is 0 Å². The van der Waals surface area contributed by atoms with Gasteiger partial charge >= 0.3 is 6.03 Å².